The lowest BCUT2D eigenvalue weighted by Crippen LogP contribution is -2.57. The number of carboxylic acids is 1. The van der Waals surface area contributed by atoms with Crippen molar-refractivity contribution in [3.8, 4) is 0 Å². The number of hydrogen-bond donors (Lipinski definition) is 7. The first-order valence-electron chi connectivity index (χ1n) is 11.8. The van der Waals surface area contributed by atoms with Crippen molar-refractivity contribution in [2.45, 2.75) is 44.0 Å². The molecule has 4 atom stereocenters. The van der Waals surface area contributed by atoms with Crippen LogP contribution < -0.4 is 21.7 Å². The fourth-order valence-corrected chi connectivity index (χ4v) is 3.87. The second kappa shape index (κ2) is 12.7. The molecule has 11 nitrogen and oxygen atoms in total. The van der Waals surface area contributed by atoms with Gasteiger partial charge in [-0.1, -0.05) is 48.5 Å². The van der Waals surface area contributed by atoms with Crippen LogP contribution in [0.25, 0.3) is 10.9 Å². The topological polar surface area (TPSA) is 187 Å². The second-order valence-corrected chi connectivity index (χ2v) is 8.76. The van der Waals surface area contributed by atoms with Gasteiger partial charge in [0.2, 0.25) is 17.7 Å². The number of benzene rings is 2. The number of H-pyrrole nitrogens is 1. The molecule has 0 bridgehead atoms. The van der Waals surface area contributed by atoms with Gasteiger partial charge in [-0.25, -0.2) is 4.79 Å². The van der Waals surface area contributed by atoms with Crippen LogP contribution in [-0.2, 0) is 32.0 Å². The number of nitrogens with two attached hydrogens (primary N) is 1. The van der Waals surface area contributed by atoms with Crippen LogP contribution in [0.15, 0.2) is 60.8 Å². The maximum Gasteiger partial charge on any atom is 0.326 e. The van der Waals surface area contributed by atoms with Crippen molar-refractivity contribution >= 4 is 34.6 Å². The third-order valence-corrected chi connectivity index (χ3v) is 5.85. The minimum absolute atomic E-state index is 0.0324. The SMILES string of the molecule is CC(O)C(NC(=O)C(N)Cc1ccccc1)C(=O)NCC(=O)NC(Cc1c[nH]c2ccccc12)C(=O)O. The zero-order chi connectivity index (χ0) is 26.9. The number of aromatic amines is 1. The van der Waals surface area contributed by atoms with Gasteiger partial charge >= 0.3 is 5.97 Å². The Bertz CT molecular complexity index is 1240. The number of aliphatic hydroxyl groups excluding tert-OH is 1. The molecule has 11 heteroatoms. The van der Waals surface area contributed by atoms with Crippen molar-refractivity contribution in [3.05, 3.63) is 71.9 Å². The Morgan fingerprint density at radius 1 is 0.946 bits per heavy atom. The predicted molar refractivity (Wildman–Crippen MR) is 136 cm³/mol. The quantitative estimate of drug-likeness (QED) is 0.177. The van der Waals surface area contributed by atoms with Crippen molar-refractivity contribution in [2.24, 2.45) is 5.73 Å². The van der Waals surface area contributed by atoms with E-state index in [1.165, 1.54) is 6.92 Å². The summed E-state index contributed by atoms with van der Waals surface area (Å²) in [7, 11) is 0. The highest BCUT2D eigenvalue weighted by Gasteiger charge is 2.29. The van der Waals surface area contributed by atoms with Gasteiger partial charge in [0.15, 0.2) is 0 Å². The lowest BCUT2D eigenvalue weighted by Gasteiger charge is -2.23. The normalized spacial score (nSPS) is 14.2. The summed E-state index contributed by atoms with van der Waals surface area (Å²) in [6.07, 6.45) is 0.679. The first-order chi connectivity index (χ1) is 17.7. The molecular formula is C26H31N5O6. The van der Waals surface area contributed by atoms with Crippen LogP contribution in [0.3, 0.4) is 0 Å². The number of fused-ring (bicyclic) bond motifs is 1. The Balaban J connectivity index is 1.53. The van der Waals surface area contributed by atoms with Gasteiger partial charge in [0.05, 0.1) is 18.7 Å². The maximum atomic E-state index is 12.6. The van der Waals surface area contributed by atoms with Crippen molar-refractivity contribution in [2.75, 3.05) is 6.54 Å². The molecule has 0 radical (unpaired) electrons. The molecule has 1 heterocycles. The lowest BCUT2D eigenvalue weighted by molar-refractivity contribution is -0.141. The van der Waals surface area contributed by atoms with E-state index >= 15 is 0 Å². The van der Waals surface area contributed by atoms with E-state index in [4.69, 9.17) is 5.73 Å². The van der Waals surface area contributed by atoms with Crippen LogP contribution in [0.4, 0.5) is 0 Å². The number of aromatic nitrogens is 1. The molecule has 1 aromatic heterocycles. The molecule has 0 aliphatic rings. The van der Waals surface area contributed by atoms with Crippen molar-refractivity contribution in [1.29, 1.82) is 0 Å². The zero-order valence-corrected chi connectivity index (χ0v) is 20.3. The molecule has 0 aliphatic heterocycles. The number of para-hydroxylation sites is 1. The Labute approximate surface area is 213 Å². The molecule has 3 aromatic rings. The summed E-state index contributed by atoms with van der Waals surface area (Å²) in [5.74, 6) is -3.42. The average Bonchev–Trinajstić information content (AvgIpc) is 3.28. The zero-order valence-electron chi connectivity index (χ0n) is 20.3. The number of aliphatic carboxylic acids is 1. The highest BCUT2D eigenvalue weighted by atomic mass is 16.4. The van der Waals surface area contributed by atoms with Gasteiger partial charge in [-0.05, 0) is 30.5 Å². The van der Waals surface area contributed by atoms with Gasteiger partial charge < -0.3 is 36.9 Å². The smallest absolute Gasteiger partial charge is 0.326 e. The van der Waals surface area contributed by atoms with Crippen LogP contribution >= 0.6 is 0 Å². The van der Waals surface area contributed by atoms with Crippen molar-refractivity contribution in [3.63, 3.8) is 0 Å². The Kier molecular flexibility index (Phi) is 9.36. The minimum Gasteiger partial charge on any atom is -0.480 e. The van der Waals surface area contributed by atoms with Crippen molar-refractivity contribution < 1.29 is 29.4 Å². The molecule has 8 N–H and O–H groups in total. The van der Waals surface area contributed by atoms with Gasteiger partial charge in [-0.2, -0.15) is 0 Å². The fraction of sp³-hybridized carbons (Fsp3) is 0.308. The summed E-state index contributed by atoms with van der Waals surface area (Å²) < 4.78 is 0. The number of nitrogens with one attached hydrogen (secondary N) is 4. The molecule has 196 valence electrons. The number of hydrogen-bond acceptors (Lipinski definition) is 6. The third-order valence-electron chi connectivity index (χ3n) is 5.85. The van der Waals surface area contributed by atoms with Crippen LogP contribution in [0, 0.1) is 0 Å². The Morgan fingerprint density at radius 3 is 2.30 bits per heavy atom. The number of amides is 3. The van der Waals surface area contributed by atoms with Crippen LogP contribution in [0.5, 0.6) is 0 Å². The van der Waals surface area contributed by atoms with Crippen LogP contribution in [0.2, 0.25) is 0 Å². The Hall–Kier alpha value is -4.22. The summed E-state index contributed by atoms with van der Waals surface area (Å²) >= 11 is 0. The van der Waals surface area contributed by atoms with E-state index in [0.29, 0.717) is 0 Å². The molecule has 37 heavy (non-hydrogen) atoms. The van der Waals surface area contributed by atoms with Gasteiger partial charge in [-0.15, -0.1) is 0 Å². The summed E-state index contributed by atoms with van der Waals surface area (Å²) in [6.45, 7) is 0.765. The summed E-state index contributed by atoms with van der Waals surface area (Å²) in [4.78, 5) is 52.3. The monoisotopic (exact) mass is 509 g/mol. The molecule has 0 saturated carbocycles. The summed E-state index contributed by atoms with van der Waals surface area (Å²) in [5, 5.41) is 27.6. The Morgan fingerprint density at radius 2 is 1.62 bits per heavy atom. The average molecular weight is 510 g/mol. The summed E-state index contributed by atoms with van der Waals surface area (Å²) in [5.41, 5.74) is 8.34. The van der Waals surface area contributed by atoms with E-state index in [9.17, 15) is 29.4 Å². The van der Waals surface area contributed by atoms with E-state index in [1.54, 1.807) is 6.20 Å². The van der Waals surface area contributed by atoms with E-state index in [1.807, 2.05) is 54.6 Å². The first kappa shape index (κ1) is 27.4. The van der Waals surface area contributed by atoms with Gasteiger partial charge in [0, 0.05) is 23.5 Å². The predicted octanol–water partition coefficient (Wildman–Crippen LogP) is -0.168. The molecule has 2 aromatic carbocycles. The second-order valence-electron chi connectivity index (χ2n) is 8.76. The highest BCUT2D eigenvalue weighted by Crippen LogP contribution is 2.19. The van der Waals surface area contributed by atoms with E-state index in [0.717, 1.165) is 22.0 Å². The number of carboxylic acid groups (broad SMARTS) is 1. The van der Waals surface area contributed by atoms with Gasteiger partial charge in [-0.3, -0.25) is 14.4 Å². The third kappa shape index (κ3) is 7.63. The lowest BCUT2D eigenvalue weighted by atomic mass is 10.0. The van der Waals surface area contributed by atoms with E-state index in [2.05, 4.69) is 20.9 Å². The van der Waals surface area contributed by atoms with E-state index < -0.39 is 54.5 Å². The van der Waals surface area contributed by atoms with Crippen LogP contribution in [0.1, 0.15) is 18.1 Å². The number of rotatable bonds is 12. The molecule has 4 unspecified atom stereocenters. The molecule has 0 saturated heterocycles. The molecule has 0 spiro atoms. The van der Waals surface area contributed by atoms with E-state index in [-0.39, 0.29) is 12.8 Å². The largest absolute Gasteiger partial charge is 0.480 e. The van der Waals surface area contributed by atoms with Gasteiger partial charge in [0.25, 0.3) is 0 Å². The standard InChI is InChI=1S/C26H31N5O6/c1-15(32)23(31-24(34)19(27)11-16-7-3-2-4-8-16)25(35)29-14-22(33)30-21(26(36)37)12-17-13-28-20-10-6-5-9-18(17)20/h2-10,13,15,19,21,23,28,32H,11-12,14,27H2,1H3,(H,29,35)(H,30,33)(H,31,34)(H,36,37). The first-order valence-corrected chi connectivity index (χ1v) is 11.8. The van der Waals surface area contributed by atoms with Gasteiger partial charge in [0.1, 0.15) is 12.1 Å². The minimum atomic E-state index is -1.36. The number of carbonyl (C=O) groups excluding carboxylic acids is 3. The molecule has 0 aliphatic carbocycles. The highest BCUT2D eigenvalue weighted by molar-refractivity contribution is 5.93. The van der Waals surface area contributed by atoms with Crippen LogP contribution in [-0.4, -0.2) is 69.7 Å². The number of aliphatic hydroxyl groups is 1. The molecule has 3 rings (SSSR count). The molecule has 3 amide bonds. The molecular weight excluding hydrogens is 478 g/mol. The fourth-order valence-electron chi connectivity index (χ4n) is 3.87. The summed E-state index contributed by atoms with van der Waals surface area (Å²) in [6, 6.07) is 12.9. The van der Waals surface area contributed by atoms with Crippen molar-refractivity contribution in [1.82, 2.24) is 20.9 Å². The number of carbonyl (C=O) groups is 4. The maximum absolute atomic E-state index is 12.6. The molecule has 0 fully saturated rings.